The third-order valence-electron chi connectivity index (χ3n) is 3.63. The number of nitrogens with one attached hydrogen (secondary N) is 1. The molecule has 19 heavy (non-hydrogen) atoms. The van der Waals surface area contributed by atoms with Crippen molar-refractivity contribution in [3.05, 3.63) is 0 Å². The van der Waals surface area contributed by atoms with Gasteiger partial charge in [0.25, 0.3) is 0 Å². The fourth-order valence-corrected chi connectivity index (χ4v) is 1.89. The summed E-state index contributed by atoms with van der Waals surface area (Å²) in [6.07, 6.45) is 1.69. The van der Waals surface area contributed by atoms with Gasteiger partial charge in [0.15, 0.2) is 0 Å². The molecule has 0 radical (unpaired) electrons. The number of likely N-dealkylation sites (N-methyl/N-ethyl adjacent to an activating group) is 2. The van der Waals surface area contributed by atoms with Gasteiger partial charge in [-0.05, 0) is 54.3 Å². The lowest BCUT2D eigenvalue weighted by atomic mass is 9.96. The number of hydrogen-bond donors (Lipinski definition) is 1. The Hall–Kier alpha value is -0.650. The average Bonchev–Trinajstić information content (AvgIpc) is 2.38. The molecule has 0 aromatic carbocycles. The Morgan fingerprint density at radius 3 is 2.58 bits per heavy atom. The van der Waals surface area contributed by atoms with Gasteiger partial charge in [-0.3, -0.25) is 4.79 Å². The van der Waals surface area contributed by atoms with E-state index in [0.717, 1.165) is 26.0 Å². The molecule has 0 bridgehead atoms. The van der Waals surface area contributed by atoms with E-state index in [2.05, 4.69) is 24.2 Å². The Balaban J connectivity index is 4.17. The van der Waals surface area contributed by atoms with Crippen LogP contribution in [-0.2, 0) is 14.3 Å². The van der Waals surface area contributed by atoms with E-state index in [4.69, 9.17) is 9.47 Å². The quantitative estimate of drug-likeness (QED) is 0.608. The summed E-state index contributed by atoms with van der Waals surface area (Å²) in [5.74, 6) is -0.176. The van der Waals surface area contributed by atoms with Crippen molar-refractivity contribution in [3.63, 3.8) is 0 Å². The highest BCUT2D eigenvalue weighted by Gasteiger charge is 2.32. The van der Waals surface area contributed by atoms with Gasteiger partial charge in [0.1, 0.15) is 5.54 Å². The topological polar surface area (TPSA) is 50.8 Å². The second-order valence-electron chi connectivity index (χ2n) is 5.19. The summed E-state index contributed by atoms with van der Waals surface area (Å²) in [6.45, 7) is 7.92. The lowest BCUT2D eigenvalue weighted by Gasteiger charge is -2.29. The fraction of sp³-hybridized carbons (Fsp3) is 0.929. The van der Waals surface area contributed by atoms with Crippen molar-refractivity contribution in [1.29, 1.82) is 0 Å². The summed E-state index contributed by atoms with van der Waals surface area (Å²) in [4.78, 5) is 14.1. The molecule has 0 amide bonds. The van der Waals surface area contributed by atoms with Crippen LogP contribution < -0.4 is 5.32 Å². The molecule has 0 aliphatic carbocycles. The van der Waals surface area contributed by atoms with Crippen molar-refractivity contribution >= 4 is 5.97 Å². The summed E-state index contributed by atoms with van der Waals surface area (Å²) in [7, 11) is 5.59. The van der Waals surface area contributed by atoms with E-state index >= 15 is 0 Å². The van der Waals surface area contributed by atoms with Crippen molar-refractivity contribution in [2.45, 2.75) is 45.2 Å². The van der Waals surface area contributed by atoms with Crippen LogP contribution in [0.15, 0.2) is 0 Å². The van der Waals surface area contributed by atoms with Gasteiger partial charge in [0, 0.05) is 13.2 Å². The number of carbonyl (C=O) groups is 1. The SMILES string of the molecule is CCOC(=O)C(C)(CCCN(C)C(C)COC)NC. The highest BCUT2D eigenvalue weighted by Crippen LogP contribution is 2.15. The first kappa shape index (κ1) is 18.4. The average molecular weight is 274 g/mol. The van der Waals surface area contributed by atoms with E-state index in [1.54, 1.807) is 14.2 Å². The third-order valence-corrected chi connectivity index (χ3v) is 3.63. The molecule has 0 saturated heterocycles. The van der Waals surface area contributed by atoms with Gasteiger partial charge < -0.3 is 19.7 Å². The first-order valence-corrected chi connectivity index (χ1v) is 6.96. The van der Waals surface area contributed by atoms with Crippen LogP contribution >= 0.6 is 0 Å². The summed E-state index contributed by atoms with van der Waals surface area (Å²) in [6, 6.07) is 0.383. The van der Waals surface area contributed by atoms with Gasteiger partial charge in [-0.1, -0.05) is 0 Å². The molecular weight excluding hydrogens is 244 g/mol. The molecule has 0 spiro atoms. The second kappa shape index (κ2) is 9.28. The first-order chi connectivity index (χ1) is 8.91. The molecule has 0 aromatic heterocycles. The number of rotatable bonds is 10. The Kier molecular flexibility index (Phi) is 8.97. The number of hydrogen-bond acceptors (Lipinski definition) is 5. The smallest absolute Gasteiger partial charge is 0.326 e. The molecule has 114 valence electrons. The van der Waals surface area contributed by atoms with Crippen LogP contribution in [-0.4, -0.2) is 63.4 Å². The Labute approximate surface area is 117 Å². The van der Waals surface area contributed by atoms with Crippen LogP contribution in [0, 0.1) is 0 Å². The molecule has 0 aliphatic heterocycles. The third kappa shape index (κ3) is 6.36. The van der Waals surface area contributed by atoms with Crippen LogP contribution in [0.1, 0.15) is 33.6 Å². The van der Waals surface area contributed by atoms with Gasteiger partial charge in [0.05, 0.1) is 13.2 Å². The molecule has 0 rings (SSSR count). The lowest BCUT2D eigenvalue weighted by Crippen LogP contribution is -2.49. The van der Waals surface area contributed by atoms with Crippen LogP contribution in [0.5, 0.6) is 0 Å². The van der Waals surface area contributed by atoms with Gasteiger partial charge in [-0.15, -0.1) is 0 Å². The Bertz CT molecular complexity index is 261. The molecule has 0 fully saturated rings. The molecule has 5 heteroatoms. The summed E-state index contributed by atoms with van der Waals surface area (Å²) < 4.78 is 10.2. The van der Waals surface area contributed by atoms with E-state index in [1.807, 2.05) is 13.8 Å². The van der Waals surface area contributed by atoms with Crippen molar-refractivity contribution < 1.29 is 14.3 Å². The predicted molar refractivity (Wildman–Crippen MR) is 77.3 cm³/mol. The number of methoxy groups -OCH3 is 1. The maximum absolute atomic E-state index is 11.9. The highest BCUT2D eigenvalue weighted by molar-refractivity contribution is 5.80. The zero-order chi connectivity index (χ0) is 14.9. The van der Waals surface area contributed by atoms with E-state index in [-0.39, 0.29) is 5.97 Å². The zero-order valence-corrected chi connectivity index (χ0v) is 13.3. The summed E-state index contributed by atoms with van der Waals surface area (Å²) >= 11 is 0. The summed E-state index contributed by atoms with van der Waals surface area (Å²) in [5.41, 5.74) is -0.596. The van der Waals surface area contributed by atoms with Crippen molar-refractivity contribution in [2.75, 3.05) is 41.0 Å². The van der Waals surface area contributed by atoms with Gasteiger partial charge in [-0.2, -0.15) is 0 Å². The number of carbonyl (C=O) groups excluding carboxylic acids is 1. The predicted octanol–water partition coefficient (Wildman–Crippen LogP) is 1.27. The van der Waals surface area contributed by atoms with Gasteiger partial charge in [-0.25, -0.2) is 0 Å². The van der Waals surface area contributed by atoms with Gasteiger partial charge >= 0.3 is 5.97 Å². The maximum atomic E-state index is 11.9. The minimum absolute atomic E-state index is 0.176. The highest BCUT2D eigenvalue weighted by atomic mass is 16.5. The molecule has 5 nitrogen and oxygen atoms in total. The minimum Gasteiger partial charge on any atom is -0.465 e. The Morgan fingerprint density at radius 2 is 2.11 bits per heavy atom. The zero-order valence-electron chi connectivity index (χ0n) is 13.3. The minimum atomic E-state index is -0.596. The largest absolute Gasteiger partial charge is 0.465 e. The fourth-order valence-electron chi connectivity index (χ4n) is 1.89. The molecule has 0 heterocycles. The van der Waals surface area contributed by atoms with Crippen LogP contribution in [0.4, 0.5) is 0 Å². The number of nitrogens with zero attached hydrogens (tertiary/aromatic N) is 1. The molecule has 1 N–H and O–H groups in total. The van der Waals surface area contributed by atoms with Crippen molar-refractivity contribution in [3.8, 4) is 0 Å². The van der Waals surface area contributed by atoms with Crippen molar-refractivity contribution in [2.24, 2.45) is 0 Å². The Morgan fingerprint density at radius 1 is 1.47 bits per heavy atom. The van der Waals surface area contributed by atoms with Crippen molar-refractivity contribution in [1.82, 2.24) is 10.2 Å². The van der Waals surface area contributed by atoms with E-state index in [0.29, 0.717) is 12.6 Å². The van der Waals surface area contributed by atoms with E-state index in [9.17, 15) is 4.79 Å². The monoisotopic (exact) mass is 274 g/mol. The molecule has 2 unspecified atom stereocenters. The van der Waals surface area contributed by atoms with E-state index in [1.165, 1.54) is 0 Å². The van der Waals surface area contributed by atoms with E-state index < -0.39 is 5.54 Å². The number of ether oxygens (including phenoxy) is 2. The molecule has 0 aliphatic rings. The second-order valence-corrected chi connectivity index (χ2v) is 5.19. The molecule has 0 aromatic rings. The maximum Gasteiger partial charge on any atom is 0.326 e. The standard InChI is InChI=1S/C14H30N2O3/c1-7-19-13(17)14(3,15-4)9-8-10-16(5)12(2)11-18-6/h12,15H,7-11H2,1-6H3. The normalized spacial score (nSPS) is 16.2. The van der Waals surface area contributed by atoms with Crippen LogP contribution in [0.2, 0.25) is 0 Å². The summed E-state index contributed by atoms with van der Waals surface area (Å²) in [5, 5.41) is 3.07. The van der Waals surface area contributed by atoms with Crippen LogP contribution in [0.3, 0.4) is 0 Å². The first-order valence-electron chi connectivity index (χ1n) is 6.96. The van der Waals surface area contributed by atoms with Gasteiger partial charge in [0.2, 0.25) is 0 Å². The number of esters is 1. The molecule has 0 saturated carbocycles. The van der Waals surface area contributed by atoms with Crippen LogP contribution in [0.25, 0.3) is 0 Å². The molecular formula is C14H30N2O3. The lowest BCUT2D eigenvalue weighted by molar-refractivity contribution is -0.150. The molecule has 2 atom stereocenters.